The lowest BCUT2D eigenvalue weighted by atomic mass is 10.1. The highest BCUT2D eigenvalue weighted by Gasteiger charge is 2.48. The van der Waals surface area contributed by atoms with Gasteiger partial charge in [0.15, 0.2) is 0 Å². The summed E-state index contributed by atoms with van der Waals surface area (Å²) in [4.78, 5) is 23.1. The second kappa shape index (κ2) is 6.17. The maximum absolute atomic E-state index is 11.8. The number of amides is 2. The number of nitrogens with one attached hydrogen (secondary N) is 2. The van der Waals surface area contributed by atoms with Crippen LogP contribution in [0.3, 0.4) is 0 Å². The lowest BCUT2D eigenvalue weighted by Crippen LogP contribution is -2.48. The minimum atomic E-state index is -0.558. The second-order valence-electron chi connectivity index (χ2n) is 6.23. The number of hydrogen-bond acceptors (Lipinski definition) is 6. The molecule has 0 spiro atoms. The molecule has 2 heterocycles. The highest BCUT2D eigenvalue weighted by molar-refractivity contribution is 5.78. The Morgan fingerprint density at radius 2 is 1.67 bits per heavy atom. The van der Waals surface area contributed by atoms with Crippen LogP contribution in [-0.4, -0.2) is 61.7 Å². The minimum Gasteiger partial charge on any atom is -0.444 e. The standard InChI is InChI=1S/C13H23N3O5/c1-13(2,3)21-12(18)16-8-6-20-10-7(5-19-11(8)10)15-9(17)4-14/h7-8,10-11H,4-6,14H2,1-3H3,(H,15,17)(H,16,18)/t7-,8-,10+,11+/m0/s1. The Labute approximate surface area is 123 Å². The van der Waals surface area contributed by atoms with Crippen molar-refractivity contribution < 1.29 is 23.8 Å². The maximum atomic E-state index is 11.8. The fourth-order valence-electron chi connectivity index (χ4n) is 2.47. The van der Waals surface area contributed by atoms with Crippen molar-refractivity contribution >= 4 is 12.0 Å². The van der Waals surface area contributed by atoms with Gasteiger partial charge in [0.25, 0.3) is 0 Å². The average molecular weight is 301 g/mol. The number of rotatable bonds is 3. The predicted molar refractivity (Wildman–Crippen MR) is 73.6 cm³/mol. The molecule has 0 aliphatic carbocycles. The summed E-state index contributed by atoms with van der Waals surface area (Å²) in [5.41, 5.74) is 4.71. The van der Waals surface area contributed by atoms with Gasteiger partial charge in [-0.15, -0.1) is 0 Å². The van der Waals surface area contributed by atoms with Crippen molar-refractivity contribution in [2.24, 2.45) is 5.73 Å². The Kier molecular flexibility index (Phi) is 4.70. The first-order valence-electron chi connectivity index (χ1n) is 7.02. The highest BCUT2D eigenvalue weighted by atomic mass is 16.6. The highest BCUT2D eigenvalue weighted by Crippen LogP contribution is 2.27. The molecule has 0 radical (unpaired) electrons. The molecule has 21 heavy (non-hydrogen) atoms. The van der Waals surface area contributed by atoms with E-state index in [1.807, 2.05) is 0 Å². The van der Waals surface area contributed by atoms with Crippen LogP contribution < -0.4 is 16.4 Å². The Hall–Kier alpha value is -1.38. The number of alkyl carbamates (subject to hydrolysis) is 1. The van der Waals surface area contributed by atoms with E-state index in [4.69, 9.17) is 19.9 Å². The summed E-state index contributed by atoms with van der Waals surface area (Å²) in [6, 6.07) is -0.527. The van der Waals surface area contributed by atoms with E-state index in [9.17, 15) is 9.59 Å². The summed E-state index contributed by atoms with van der Waals surface area (Å²) in [6.07, 6.45) is -1.07. The lowest BCUT2D eigenvalue weighted by molar-refractivity contribution is -0.121. The maximum Gasteiger partial charge on any atom is 0.408 e. The van der Waals surface area contributed by atoms with Gasteiger partial charge in [0, 0.05) is 0 Å². The summed E-state index contributed by atoms with van der Waals surface area (Å²) >= 11 is 0. The van der Waals surface area contributed by atoms with E-state index in [2.05, 4.69) is 10.6 Å². The summed E-state index contributed by atoms with van der Waals surface area (Å²) < 4.78 is 16.5. The quantitative estimate of drug-likeness (QED) is 0.624. The van der Waals surface area contributed by atoms with Gasteiger partial charge in [0.05, 0.1) is 31.8 Å². The van der Waals surface area contributed by atoms with Crippen LogP contribution in [0.25, 0.3) is 0 Å². The molecule has 8 nitrogen and oxygen atoms in total. The molecular weight excluding hydrogens is 278 g/mol. The van der Waals surface area contributed by atoms with E-state index in [1.54, 1.807) is 20.8 Å². The van der Waals surface area contributed by atoms with Crippen LogP contribution >= 0.6 is 0 Å². The molecule has 0 saturated carbocycles. The zero-order chi connectivity index (χ0) is 15.6. The number of ether oxygens (including phenoxy) is 3. The van der Waals surface area contributed by atoms with Crippen LogP contribution in [0.4, 0.5) is 4.79 Å². The second-order valence-corrected chi connectivity index (χ2v) is 6.23. The Morgan fingerprint density at radius 1 is 1.14 bits per heavy atom. The van der Waals surface area contributed by atoms with Crippen molar-refractivity contribution in [2.75, 3.05) is 19.8 Å². The molecule has 0 aromatic carbocycles. The monoisotopic (exact) mass is 301 g/mol. The van der Waals surface area contributed by atoms with Gasteiger partial charge in [-0.3, -0.25) is 4.79 Å². The minimum absolute atomic E-state index is 0.0759. The van der Waals surface area contributed by atoms with Gasteiger partial charge in [-0.05, 0) is 20.8 Å². The molecule has 0 aromatic rings. The molecule has 0 aromatic heterocycles. The third-order valence-corrected chi connectivity index (χ3v) is 3.29. The van der Waals surface area contributed by atoms with Crippen LogP contribution in [0, 0.1) is 0 Å². The summed E-state index contributed by atoms with van der Waals surface area (Å²) in [5, 5.41) is 5.50. The molecule has 2 fully saturated rings. The lowest BCUT2D eigenvalue weighted by Gasteiger charge is -2.23. The van der Waals surface area contributed by atoms with Crippen molar-refractivity contribution in [3.8, 4) is 0 Å². The SMILES string of the molecule is CC(C)(C)OC(=O)N[C@H]1CO[C@H]2[C@@H]1OC[C@@H]2NC(=O)CN. The Balaban J connectivity index is 1.87. The van der Waals surface area contributed by atoms with E-state index in [1.165, 1.54) is 0 Å². The zero-order valence-corrected chi connectivity index (χ0v) is 12.5. The first kappa shape index (κ1) is 16.0. The molecule has 2 amide bonds. The van der Waals surface area contributed by atoms with Gasteiger partial charge in [-0.1, -0.05) is 0 Å². The molecule has 4 atom stereocenters. The van der Waals surface area contributed by atoms with Gasteiger partial charge in [-0.25, -0.2) is 4.79 Å². The fourth-order valence-corrected chi connectivity index (χ4v) is 2.47. The van der Waals surface area contributed by atoms with Crippen molar-refractivity contribution in [1.29, 1.82) is 0 Å². The Morgan fingerprint density at radius 3 is 2.14 bits per heavy atom. The van der Waals surface area contributed by atoms with Crippen molar-refractivity contribution in [2.45, 2.75) is 50.7 Å². The molecule has 2 rings (SSSR count). The van der Waals surface area contributed by atoms with E-state index in [0.717, 1.165) is 0 Å². The van der Waals surface area contributed by atoms with Crippen molar-refractivity contribution in [3.05, 3.63) is 0 Å². The number of fused-ring (bicyclic) bond motifs is 1. The third-order valence-electron chi connectivity index (χ3n) is 3.29. The van der Waals surface area contributed by atoms with Gasteiger partial charge in [-0.2, -0.15) is 0 Å². The van der Waals surface area contributed by atoms with Crippen LogP contribution in [0.2, 0.25) is 0 Å². The smallest absolute Gasteiger partial charge is 0.408 e. The number of hydrogen-bond donors (Lipinski definition) is 3. The number of carbonyl (C=O) groups is 2. The van der Waals surface area contributed by atoms with E-state index in [-0.39, 0.29) is 36.7 Å². The summed E-state index contributed by atoms with van der Waals surface area (Å²) in [7, 11) is 0. The third kappa shape index (κ3) is 4.05. The van der Waals surface area contributed by atoms with E-state index in [0.29, 0.717) is 13.2 Å². The first-order valence-corrected chi connectivity index (χ1v) is 7.02. The van der Waals surface area contributed by atoms with Crippen LogP contribution in [0.5, 0.6) is 0 Å². The molecular formula is C13H23N3O5. The van der Waals surface area contributed by atoms with E-state index < -0.39 is 11.7 Å². The molecule has 4 N–H and O–H groups in total. The average Bonchev–Trinajstić information content (AvgIpc) is 2.91. The topological polar surface area (TPSA) is 112 Å². The zero-order valence-electron chi connectivity index (χ0n) is 12.5. The largest absolute Gasteiger partial charge is 0.444 e. The first-order chi connectivity index (χ1) is 9.80. The number of nitrogens with two attached hydrogens (primary N) is 1. The van der Waals surface area contributed by atoms with Gasteiger partial charge in [0.1, 0.15) is 17.8 Å². The fraction of sp³-hybridized carbons (Fsp3) is 0.846. The number of carbonyl (C=O) groups excluding carboxylic acids is 2. The molecule has 2 aliphatic heterocycles. The molecule has 2 aliphatic rings. The normalized spacial score (nSPS) is 31.6. The molecule has 8 heteroatoms. The Bertz CT molecular complexity index is 409. The van der Waals surface area contributed by atoms with Gasteiger partial charge < -0.3 is 30.6 Å². The van der Waals surface area contributed by atoms with Crippen molar-refractivity contribution in [3.63, 3.8) is 0 Å². The molecule has 120 valence electrons. The molecule has 2 saturated heterocycles. The van der Waals surface area contributed by atoms with Crippen LogP contribution in [0.1, 0.15) is 20.8 Å². The van der Waals surface area contributed by atoms with Gasteiger partial charge in [0.2, 0.25) is 5.91 Å². The van der Waals surface area contributed by atoms with Gasteiger partial charge >= 0.3 is 6.09 Å². The summed E-state index contributed by atoms with van der Waals surface area (Å²) in [5.74, 6) is -0.253. The predicted octanol–water partition coefficient (Wildman–Crippen LogP) is -0.879. The van der Waals surface area contributed by atoms with Crippen LogP contribution in [0.15, 0.2) is 0 Å². The van der Waals surface area contributed by atoms with Crippen LogP contribution in [-0.2, 0) is 19.0 Å². The van der Waals surface area contributed by atoms with Crippen molar-refractivity contribution in [1.82, 2.24) is 10.6 Å². The molecule has 0 bridgehead atoms. The molecule has 0 unspecified atom stereocenters. The van der Waals surface area contributed by atoms with E-state index >= 15 is 0 Å². The summed E-state index contributed by atoms with van der Waals surface area (Å²) in [6.45, 7) is 5.98.